The number of benzene rings is 1. The molecule has 3 heterocycles. The van der Waals surface area contributed by atoms with E-state index in [1.54, 1.807) is 12.3 Å². The van der Waals surface area contributed by atoms with Gasteiger partial charge in [0, 0.05) is 43.3 Å². The lowest BCUT2D eigenvalue weighted by Crippen LogP contribution is -2.44. The Balaban J connectivity index is 1.31. The molecule has 30 heavy (non-hydrogen) atoms. The van der Waals surface area contributed by atoms with Gasteiger partial charge in [0.15, 0.2) is 0 Å². The Morgan fingerprint density at radius 3 is 2.97 bits per heavy atom. The normalized spacial score (nSPS) is 16.9. The fourth-order valence-electron chi connectivity index (χ4n) is 3.36. The van der Waals surface area contributed by atoms with Crippen molar-refractivity contribution < 1.29 is 19.0 Å². The van der Waals surface area contributed by atoms with Crippen LogP contribution in [0.1, 0.15) is 16.1 Å². The fraction of sp³-hybridized carbons (Fsp3) is 0.318. The third-order valence-electron chi connectivity index (χ3n) is 4.86. The van der Waals surface area contributed by atoms with Crippen LogP contribution in [0.15, 0.2) is 55.0 Å². The number of methoxy groups -OCH3 is 1. The number of esters is 1. The van der Waals surface area contributed by atoms with Gasteiger partial charge in [-0.3, -0.25) is 9.88 Å². The molecule has 1 fully saturated rings. The minimum Gasteiger partial charge on any atom is -0.489 e. The van der Waals surface area contributed by atoms with Gasteiger partial charge in [-0.2, -0.15) is 0 Å². The van der Waals surface area contributed by atoms with Crippen LogP contribution in [0.4, 0.5) is 0 Å². The van der Waals surface area contributed by atoms with Crippen molar-refractivity contribution in [1.82, 2.24) is 19.9 Å². The second-order valence-corrected chi connectivity index (χ2v) is 7.06. The number of rotatable bonds is 7. The molecule has 1 atom stereocenters. The van der Waals surface area contributed by atoms with E-state index in [1.807, 2.05) is 36.5 Å². The van der Waals surface area contributed by atoms with E-state index < -0.39 is 5.97 Å². The monoisotopic (exact) mass is 408 g/mol. The highest BCUT2D eigenvalue weighted by Gasteiger charge is 2.22. The molecule has 1 aromatic carbocycles. The number of carbonyl (C=O) groups is 1. The summed E-state index contributed by atoms with van der Waals surface area (Å²) >= 11 is 0. The zero-order valence-corrected chi connectivity index (χ0v) is 16.8. The molecular formula is C22H24N4O4. The molecule has 4 rings (SSSR count). The van der Waals surface area contributed by atoms with Crippen LogP contribution >= 0.6 is 0 Å². The maximum Gasteiger partial charge on any atom is 0.339 e. The van der Waals surface area contributed by atoms with Crippen LogP contribution in [0.2, 0.25) is 0 Å². The quantitative estimate of drug-likeness (QED) is 0.601. The smallest absolute Gasteiger partial charge is 0.339 e. The number of aromatic nitrogens is 3. The Labute approximate surface area is 174 Å². The lowest BCUT2D eigenvalue weighted by atomic mass is 10.2. The summed E-state index contributed by atoms with van der Waals surface area (Å²) < 4.78 is 16.3. The zero-order chi connectivity index (χ0) is 20.8. The lowest BCUT2D eigenvalue weighted by Gasteiger charge is -2.32. The second kappa shape index (κ2) is 9.51. The van der Waals surface area contributed by atoms with E-state index in [0.29, 0.717) is 24.5 Å². The van der Waals surface area contributed by atoms with Crippen LogP contribution in [0.25, 0.3) is 11.4 Å². The second-order valence-electron chi connectivity index (χ2n) is 7.06. The maximum atomic E-state index is 11.6. The van der Waals surface area contributed by atoms with Crippen molar-refractivity contribution in [3.63, 3.8) is 0 Å². The van der Waals surface area contributed by atoms with Crippen LogP contribution in [-0.4, -0.2) is 65.3 Å². The highest BCUT2D eigenvalue weighted by molar-refractivity contribution is 5.89. The summed E-state index contributed by atoms with van der Waals surface area (Å²) in [5.74, 6) is 0.943. The molecule has 156 valence electrons. The Kier molecular flexibility index (Phi) is 6.36. The first-order valence-corrected chi connectivity index (χ1v) is 9.80. The van der Waals surface area contributed by atoms with E-state index in [-0.39, 0.29) is 6.10 Å². The number of nitrogens with one attached hydrogen (secondary N) is 1. The largest absolute Gasteiger partial charge is 0.489 e. The highest BCUT2D eigenvalue weighted by atomic mass is 16.5. The number of H-pyrrole nitrogens is 1. The minimum atomic E-state index is -0.442. The zero-order valence-electron chi connectivity index (χ0n) is 16.8. The highest BCUT2D eigenvalue weighted by Crippen LogP contribution is 2.17. The molecular weight excluding hydrogens is 384 g/mol. The number of ether oxygens (including phenoxy) is 3. The molecule has 0 saturated carbocycles. The number of morpholine rings is 1. The third-order valence-corrected chi connectivity index (χ3v) is 4.86. The number of carbonyl (C=O) groups excluding carboxylic acids is 1. The average Bonchev–Trinajstić information content (AvgIpc) is 3.26. The molecule has 1 aliphatic rings. The average molecular weight is 408 g/mol. The van der Waals surface area contributed by atoms with Crippen molar-refractivity contribution in [1.29, 1.82) is 0 Å². The molecule has 3 aromatic rings. The molecule has 8 nitrogen and oxygen atoms in total. The summed E-state index contributed by atoms with van der Waals surface area (Å²) in [5.41, 5.74) is 2.49. The van der Waals surface area contributed by atoms with Crippen molar-refractivity contribution in [3.05, 3.63) is 66.2 Å². The van der Waals surface area contributed by atoms with E-state index >= 15 is 0 Å². The van der Waals surface area contributed by atoms with Crippen LogP contribution in [0.5, 0.6) is 5.75 Å². The van der Waals surface area contributed by atoms with E-state index in [4.69, 9.17) is 14.2 Å². The maximum absolute atomic E-state index is 11.6. The molecule has 0 spiro atoms. The van der Waals surface area contributed by atoms with Gasteiger partial charge in [0.2, 0.25) is 0 Å². The van der Waals surface area contributed by atoms with E-state index in [2.05, 4.69) is 19.9 Å². The number of hydrogen-bond donors (Lipinski definition) is 1. The van der Waals surface area contributed by atoms with Gasteiger partial charge < -0.3 is 19.2 Å². The number of pyridine rings is 1. The van der Waals surface area contributed by atoms with Crippen LogP contribution < -0.4 is 4.74 Å². The van der Waals surface area contributed by atoms with Crippen molar-refractivity contribution >= 4 is 5.97 Å². The van der Waals surface area contributed by atoms with Gasteiger partial charge in [0.25, 0.3) is 0 Å². The standard InChI is InChI=1S/C22H24N4O4/c1-28-22(27)17-9-19(12-23-10-17)30-15-20-14-26(7-8-29-20)13-18-11-24-21(25-18)16-5-3-2-4-6-16/h2-6,9-12,20H,7-8,13-15H2,1H3,(H,24,25). The van der Waals surface area contributed by atoms with Gasteiger partial charge >= 0.3 is 5.97 Å². The van der Waals surface area contributed by atoms with Gasteiger partial charge in [-0.1, -0.05) is 30.3 Å². The predicted octanol–water partition coefficient (Wildman–Crippen LogP) is 2.54. The number of imidazole rings is 1. The Bertz CT molecular complexity index is 976. The first-order chi connectivity index (χ1) is 14.7. The minimum absolute atomic E-state index is 0.0722. The fourth-order valence-corrected chi connectivity index (χ4v) is 3.36. The summed E-state index contributed by atoms with van der Waals surface area (Å²) in [7, 11) is 1.34. The van der Waals surface area contributed by atoms with Crippen molar-refractivity contribution in [2.24, 2.45) is 0 Å². The summed E-state index contributed by atoms with van der Waals surface area (Å²) in [6.07, 6.45) is 4.83. The van der Waals surface area contributed by atoms with Crippen LogP contribution in [-0.2, 0) is 16.0 Å². The van der Waals surface area contributed by atoms with E-state index in [1.165, 1.54) is 13.3 Å². The van der Waals surface area contributed by atoms with E-state index in [9.17, 15) is 4.79 Å². The van der Waals surface area contributed by atoms with Gasteiger partial charge in [-0.15, -0.1) is 0 Å². The summed E-state index contributed by atoms with van der Waals surface area (Å²) in [6, 6.07) is 11.7. The Hall–Kier alpha value is -3.23. The van der Waals surface area contributed by atoms with Crippen LogP contribution in [0, 0.1) is 0 Å². The summed E-state index contributed by atoms with van der Waals surface area (Å²) in [4.78, 5) is 25.8. The summed E-state index contributed by atoms with van der Waals surface area (Å²) in [5, 5.41) is 0. The Morgan fingerprint density at radius 1 is 1.27 bits per heavy atom. The first kappa shape index (κ1) is 20.1. The topological polar surface area (TPSA) is 89.6 Å². The molecule has 1 unspecified atom stereocenters. The predicted molar refractivity (Wildman–Crippen MR) is 110 cm³/mol. The summed E-state index contributed by atoms with van der Waals surface area (Å²) in [6.45, 7) is 3.35. The Morgan fingerprint density at radius 2 is 2.13 bits per heavy atom. The third kappa shape index (κ3) is 5.03. The SMILES string of the molecule is COC(=O)c1cncc(OCC2CN(Cc3cnc(-c4ccccc4)[nH]3)CCO2)c1. The number of nitrogens with zero attached hydrogens (tertiary/aromatic N) is 3. The van der Waals surface area contributed by atoms with Gasteiger partial charge in [0.05, 0.1) is 25.5 Å². The molecule has 2 aromatic heterocycles. The molecule has 1 aliphatic heterocycles. The number of hydrogen-bond acceptors (Lipinski definition) is 7. The molecule has 0 amide bonds. The lowest BCUT2D eigenvalue weighted by molar-refractivity contribution is -0.0507. The molecule has 1 N–H and O–H groups in total. The van der Waals surface area contributed by atoms with Crippen molar-refractivity contribution in [3.8, 4) is 17.1 Å². The first-order valence-electron chi connectivity index (χ1n) is 9.80. The van der Waals surface area contributed by atoms with Crippen LogP contribution in [0.3, 0.4) is 0 Å². The molecule has 0 bridgehead atoms. The van der Waals surface area contributed by atoms with E-state index in [0.717, 1.165) is 36.7 Å². The molecule has 0 radical (unpaired) electrons. The number of aromatic amines is 1. The molecule has 8 heteroatoms. The van der Waals surface area contributed by atoms with Gasteiger partial charge in [0.1, 0.15) is 24.3 Å². The van der Waals surface area contributed by atoms with Crippen molar-refractivity contribution in [2.45, 2.75) is 12.6 Å². The van der Waals surface area contributed by atoms with Gasteiger partial charge in [-0.05, 0) is 6.07 Å². The van der Waals surface area contributed by atoms with Crippen molar-refractivity contribution in [2.75, 3.05) is 33.4 Å². The molecule has 1 saturated heterocycles. The molecule has 0 aliphatic carbocycles. The van der Waals surface area contributed by atoms with Gasteiger partial charge in [-0.25, -0.2) is 9.78 Å².